The van der Waals surface area contributed by atoms with Gasteiger partial charge in [0.05, 0.1) is 12.6 Å². The van der Waals surface area contributed by atoms with Gasteiger partial charge in [0.1, 0.15) is 0 Å². The molecule has 0 aliphatic heterocycles. The van der Waals surface area contributed by atoms with Gasteiger partial charge in [-0.2, -0.15) is 5.10 Å². The van der Waals surface area contributed by atoms with Crippen molar-refractivity contribution in [3.8, 4) is 0 Å². The van der Waals surface area contributed by atoms with E-state index in [1.165, 1.54) is 0 Å². The van der Waals surface area contributed by atoms with Crippen molar-refractivity contribution in [1.29, 1.82) is 0 Å². The topological polar surface area (TPSA) is 57.2 Å². The summed E-state index contributed by atoms with van der Waals surface area (Å²) < 4.78 is 1.00. The van der Waals surface area contributed by atoms with Crippen LogP contribution in [0, 0.1) is 0 Å². The molecule has 0 saturated heterocycles. The molecule has 0 radical (unpaired) electrons. The molecule has 3 aromatic rings. The van der Waals surface area contributed by atoms with E-state index in [-0.39, 0.29) is 5.91 Å². The molecule has 0 spiro atoms. The molecule has 0 saturated carbocycles. The molecule has 0 fully saturated rings. The van der Waals surface area contributed by atoms with Gasteiger partial charge in [-0.3, -0.25) is 4.79 Å². The number of amides is 1. The summed E-state index contributed by atoms with van der Waals surface area (Å²) in [7, 11) is 0. The van der Waals surface area contributed by atoms with Crippen molar-refractivity contribution in [3.63, 3.8) is 0 Å². The van der Waals surface area contributed by atoms with Crippen LogP contribution in [0.25, 0.3) is 10.9 Å². The maximum absolute atomic E-state index is 11.8. The first-order valence-electron chi connectivity index (χ1n) is 6.85. The predicted molar refractivity (Wildman–Crippen MR) is 91.9 cm³/mol. The number of hydrogen-bond donors (Lipinski definition) is 2. The van der Waals surface area contributed by atoms with Crippen molar-refractivity contribution in [2.24, 2.45) is 5.10 Å². The monoisotopic (exact) mass is 355 g/mol. The number of H-pyrrole nitrogens is 1. The normalized spacial score (nSPS) is 11.1. The molecule has 3 rings (SSSR count). The lowest BCUT2D eigenvalue weighted by Gasteiger charge is -1.99. The van der Waals surface area contributed by atoms with Gasteiger partial charge in [0, 0.05) is 27.1 Å². The van der Waals surface area contributed by atoms with Crippen molar-refractivity contribution in [2.75, 3.05) is 0 Å². The van der Waals surface area contributed by atoms with E-state index in [0.29, 0.717) is 6.42 Å². The Kier molecular flexibility index (Phi) is 4.34. The van der Waals surface area contributed by atoms with E-state index in [0.717, 1.165) is 26.5 Å². The Morgan fingerprint density at radius 3 is 2.86 bits per heavy atom. The van der Waals surface area contributed by atoms with E-state index in [4.69, 9.17) is 0 Å². The molecule has 2 aromatic carbocycles. The fourth-order valence-electron chi connectivity index (χ4n) is 2.22. The molecule has 1 heterocycles. The smallest absolute Gasteiger partial charge is 0.244 e. The summed E-state index contributed by atoms with van der Waals surface area (Å²) in [5, 5.41) is 5.08. The van der Waals surface area contributed by atoms with Gasteiger partial charge in [-0.05, 0) is 23.8 Å². The lowest BCUT2D eigenvalue weighted by Crippen LogP contribution is -2.19. The first-order chi connectivity index (χ1) is 10.7. The molecule has 110 valence electrons. The molecule has 0 aliphatic rings. The zero-order chi connectivity index (χ0) is 15.4. The Labute approximate surface area is 136 Å². The Morgan fingerprint density at radius 1 is 1.23 bits per heavy atom. The average molecular weight is 356 g/mol. The van der Waals surface area contributed by atoms with Gasteiger partial charge >= 0.3 is 0 Å². The predicted octanol–water partition coefficient (Wildman–Crippen LogP) is 3.62. The Balaban J connectivity index is 1.66. The fourth-order valence-corrected chi connectivity index (χ4v) is 2.58. The SMILES string of the molecule is O=C(Cc1ccccc1)N/N=C/c1c[nH]c2ccc(Br)cc12. The summed E-state index contributed by atoms with van der Waals surface area (Å²) in [6.07, 6.45) is 3.83. The van der Waals surface area contributed by atoms with Crippen molar-refractivity contribution < 1.29 is 4.79 Å². The molecule has 1 aromatic heterocycles. The standard InChI is InChI=1S/C17H14BrN3O/c18-14-6-7-16-15(9-14)13(10-19-16)11-20-21-17(22)8-12-4-2-1-3-5-12/h1-7,9-11,19H,8H2,(H,21,22)/b20-11+. The molecule has 2 N–H and O–H groups in total. The number of carbonyl (C=O) groups excluding carboxylic acids is 1. The van der Waals surface area contributed by atoms with Gasteiger partial charge < -0.3 is 4.98 Å². The molecular formula is C17H14BrN3O. The maximum Gasteiger partial charge on any atom is 0.244 e. The number of carbonyl (C=O) groups is 1. The second-order valence-electron chi connectivity index (χ2n) is 4.89. The van der Waals surface area contributed by atoms with Gasteiger partial charge in [0.15, 0.2) is 0 Å². The molecule has 0 bridgehead atoms. The molecule has 0 unspecified atom stereocenters. The highest BCUT2D eigenvalue weighted by atomic mass is 79.9. The highest BCUT2D eigenvalue weighted by Gasteiger charge is 2.03. The number of rotatable bonds is 4. The van der Waals surface area contributed by atoms with E-state index >= 15 is 0 Å². The fraction of sp³-hybridized carbons (Fsp3) is 0.0588. The Bertz CT molecular complexity index is 824. The maximum atomic E-state index is 11.8. The van der Waals surface area contributed by atoms with Crippen LogP contribution in [-0.4, -0.2) is 17.1 Å². The van der Waals surface area contributed by atoms with E-state index < -0.39 is 0 Å². The third-order valence-corrected chi connectivity index (χ3v) is 3.77. The van der Waals surface area contributed by atoms with Gasteiger partial charge in [0.25, 0.3) is 0 Å². The summed E-state index contributed by atoms with van der Waals surface area (Å²) in [6, 6.07) is 15.6. The number of hydrazone groups is 1. The van der Waals surface area contributed by atoms with Crippen LogP contribution in [0.1, 0.15) is 11.1 Å². The Hall–Kier alpha value is -2.40. The number of aromatic amines is 1. The second kappa shape index (κ2) is 6.58. The number of hydrogen-bond acceptors (Lipinski definition) is 2. The lowest BCUT2D eigenvalue weighted by atomic mass is 10.1. The molecule has 1 amide bonds. The quantitative estimate of drug-likeness (QED) is 0.544. The van der Waals surface area contributed by atoms with Gasteiger partial charge in [0.2, 0.25) is 5.91 Å². The van der Waals surface area contributed by atoms with E-state index in [1.54, 1.807) is 6.21 Å². The minimum atomic E-state index is -0.136. The van der Waals surface area contributed by atoms with Gasteiger partial charge in [-0.1, -0.05) is 46.3 Å². The summed E-state index contributed by atoms with van der Waals surface area (Å²) in [6.45, 7) is 0. The van der Waals surface area contributed by atoms with Crippen molar-refractivity contribution in [2.45, 2.75) is 6.42 Å². The highest BCUT2D eigenvalue weighted by molar-refractivity contribution is 9.10. The molecular weight excluding hydrogens is 342 g/mol. The van der Waals surface area contributed by atoms with Crippen molar-refractivity contribution in [1.82, 2.24) is 10.4 Å². The summed E-state index contributed by atoms with van der Waals surface area (Å²) >= 11 is 3.45. The van der Waals surface area contributed by atoms with Gasteiger partial charge in [-0.25, -0.2) is 5.43 Å². The molecule has 0 atom stereocenters. The number of nitrogens with one attached hydrogen (secondary N) is 2. The number of benzene rings is 2. The molecule has 5 heteroatoms. The molecule has 4 nitrogen and oxygen atoms in total. The summed E-state index contributed by atoms with van der Waals surface area (Å²) in [4.78, 5) is 15.0. The van der Waals surface area contributed by atoms with Crippen LogP contribution in [0.4, 0.5) is 0 Å². The third kappa shape index (κ3) is 3.43. The van der Waals surface area contributed by atoms with E-state index in [1.807, 2.05) is 54.7 Å². The van der Waals surface area contributed by atoms with Crippen LogP contribution < -0.4 is 5.43 Å². The lowest BCUT2D eigenvalue weighted by molar-refractivity contribution is -0.120. The van der Waals surface area contributed by atoms with Crippen LogP contribution in [0.15, 0.2) is 64.3 Å². The molecule has 22 heavy (non-hydrogen) atoms. The first kappa shape index (κ1) is 14.5. The minimum Gasteiger partial charge on any atom is -0.361 e. The average Bonchev–Trinajstić information content (AvgIpc) is 2.91. The van der Waals surface area contributed by atoms with Crippen LogP contribution in [-0.2, 0) is 11.2 Å². The third-order valence-electron chi connectivity index (χ3n) is 3.28. The Morgan fingerprint density at radius 2 is 2.05 bits per heavy atom. The van der Waals surface area contributed by atoms with Crippen molar-refractivity contribution >= 4 is 39.0 Å². The second-order valence-corrected chi connectivity index (χ2v) is 5.81. The summed E-state index contributed by atoms with van der Waals surface area (Å²) in [5.41, 5.74) is 5.47. The van der Waals surface area contributed by atoms with Crippen LogP contribution in [0.2, 0.25) is 0 Å². The highest BCUT2D eigenvalue weighted by Crippen LogP contribution is 2.21. The van der Waals surface area contributed by atoms with Gasteiger partial charge in [-0.15, -0.1) is 0 Å². The minimum absolute atomic E-state index is 0.136. The van der Waals surface area contributed by atoms with Crippen LogP contribution in [0.3, 0.4) is 0 Å². The zero-order valence-electron chi connectivity index (χ0n) is 11.7. The summed E-state index contributed by atoms with van der Waals surface area (Å²) in [5.74, 6) is -0.136. The first-order valence-corrected chi connectivity index (χ1v) is 7.64. The number of aromatic nitrogens is 1. The van der Waals surface area contributed by atoms with Crippen LogP contribution >= 0.6 is 15.9 Å². The van der Waals surface area contributed by atoms with E-state index in [9.17, 15) is 4.79 Å². The van der Waals surface area contributed by atoms with Crippen LogP contribution in [0.5, 0.6) is 0 Å². The number of fused-ring (bicyclic) bond motifs is 1. The largest absolute Gasteiger partial charge is 0.361 e. The van der Waals surface area contributed by atoms with Crippen molar-refractivity contribution in [3.05, 3.63) is 70.3 Å². The zero-order valence-corrected chi connectivity index (χ0v) is 13.3. The number of halogens is 1. The number of nitrogens with zero attached hydrogens (tertiary/aromatic N) is 1. The van der Waals surface area contributed by atoms with E-state index in [2.05, 4.69) is 31.4 Å². The molecule has 0 aliphatic carbocycles.